The molecule has 0 radical (unpaired) electrons. The van der Waals surface area contributed by atoms with Gasteiger partial charge in [0.2, 0.25) is 0 Å². The highest BCUT2D eigenvalue weighted by molar-refractivity contribution is 5.77. The van der Waals surface area contributed by atoms with E-state index >= 15 is 0 Å². The normalized spacial score (nSPS) is 10.3. The topological polar surface area (TPSA) is 17.1 Å². The third-order valence-corrected chi connectivity index (χ3v) is 2.39. The zero-order valence-corrected chi connectivity index (χ0v) is 8.58. The molecule has 86 valence electrons. The maximum absolute atomic E-state index is 13.4. The van der Waals surface area contributed by atoms with Crippen LogP contribution in [0.1, 0.15) is 10.4 Å². The summed E-state index contributed by atoms with van der Waals surface area (Å²) < 4.78 is 39.2. The van der Waals surface area contributed by atoms with Crippen molar-refractivity contribution >= 4 is 6.29 Å². The largest absolute Gasteiger partial charge is 0.298 e. The van der Waals surface area contributed by atoms with Gasteiger partial charge in [-0.2, -0.15) is 0 Å². The molecule has 0 aliphatic rings. The third-order valence-electron chi connectivity index (χ3n) is 2.39. The molecule has 0 aliphatic heterocycles. The van der Waals surface area contributed by atoms with E-state index in [1.54, 1.807) is 0 Å². The number of benzene rings is 2. The number of carbonyl (C=O) groups is 1. The lowest BCUT2D eigenvalue weighted by atomic mass is 10.0. The van der Waals surface area contributed by atoms with Crippen LogP contribution in [0.5, 0.6) is 0 Å². The van der Waals surface area contributed by atoms with Crippen LogP contribution in [-0.4, -0.2) is 6.29 Å². The summed E-state index contributed by atoms with van der Waals surface area (Å²) in [5.74, 6) is -3.96. The minimum atomic E-state index is -1.50. The zero-order valence-electron chi connectivity index (χ0n) is 8.58. The zero-order chi connectivity index (χ0) is 12.4. The number of hydrogen-bond acceptors (Lipinski definition) is 1. The van der Waals surface area contributed by atoms with Crippen molar-refractivity contribution in [1.82, 2.24) is 0 Å². The Labute approximate surface area is 95.5 Å². The standard InChI is InChI=1S/C13H7F3O/c14-11-6-5-10(12(15)13(11)16)9-3-1-8(7-17)2-4-9/h1-7H. The molecule has 2 aromatic rings. The van der Waals surface area contributed by atoms with E-state index in [2.05, 4.69) is 0 Å². The predicted molar refractivity (Wildman–Crippen MR) is 57.1 cm³/mol. The monoisotopic (exact) mass is 236 g/mol. The smallest absolute Gasteiger partial charge is 0.195 e. The Morgan fingerprint density at radius 3 is 2.06 bits per heavy atom. The molecule has 0 saturated heterocycles. The molecule has 2 aromatic carbocycles. The SMILES string of the molecule is O=Cc1ccc(-c2ccc(F)c(F)c2F)cc1. The molecular weight excluding hydrogens is 229 g/mol. The van der Waals surface area contributed by atoms with Crippen molar-refractivity contribution < 1.29 is 18.0 Å². The van der Waals surface area contributed by atoms with E-state index in [0.717, 1.165) is 12.1 Å². The van der Waals surface area contributed by atoms with Gasteiger partial charge in [-0.1, -0.05) is 24.3 Å². The van der Waals surface area contributed by atoms with Gasteiger partial charge in [0.1, 0.15) is 6.29 Å². The molecule has 0 aromatic heterocycles. The van der Waals surface area contributed by atoms with Crippen LogP contribution in [0.15, 0.2) is 36.4 Å². The lowest BCUT2D eigenvalue weighted by molar-refractivity contribution is 0.112. The van der Waals surface area contributed by atoms with Crippen LogP contribution >= 0.6 is 0 Å². The van der Waals surface area contributed by atoms with Crippen LogP contribution in [0.25, 0.3) is 11.1 Å². The van der Waals surface area contributed by atoms with Gasteiger partial charge in [0.15, 0.2) is 17.5 Å². The number of rotatable bonds is 2. The molecule has 0 aliphatic carbocycles. The second-order valence-electron chi connectivity index (χ2n) is 3.46. The van der Waals surface area contributed by atoms with Gasteiger partial charge in [-0.15, -0.1) is 0 Å². The lowest BCUT2D eigenvalue weighted by Crippen LogP contribution is -1.94. The van der Waals surface area contributed by atoms with Gasteiger partial charge in [0.25, 0.3) is 0 Å². The van der Waals surface area contributed by atoms with Gasteiger partial charge in [0, 0.05) is 11.1 Å². The highest BCUT2D eigenvalue weighted by Crippen LogP contribution is 2.25. The van der Waals surface area contributed by atoms with Crippen molar-refractivity contribution in [1.29, 1.82) is 0 Å². The maximum Gasteiger partial charge on any atom is 0.195 e. The molecule has 0 N–H and O–H groups in total. The number of carbonyl (C=O) groups excluding carboxylic acids is 1. The number of hydrogen-bond donors (Lipinski definition) is 0. The lowest BCUT2D eigenvalue weighted by Gasteiger charge is -2.05. The van der Waals surface area contributed by atoms with Crippen LogP contribution in [0.2, 0.25) is 0 Å². The van der Waals surface area contributed by atoms with Crippen molar-refractivity contribution in [3.8, 4) is 11.1 Å². The van der Waals surface area contributed by atoms with Gasteiger partial charge >= 0.3 is 0 Å². The highest BCUT2D eigenvalue weighted by atomic mass is 19.2. The van der Waals surface area contributed by atoms with Crippen molar-refractivity contribution in [2.75, 3.05) is 0 Å². The summed E-state index contributed by atoms with van der Waals surface area (Å²) in [5.41, 5.74) is 0.769. The summed E-state index contributed by atoms with van der Waals surface area (Å²) in [5, 5.41) is 0. The van der Waals surface area contributed by atoms with Gasteiger partial charge in [-0.3, -0.25) is 4.79 Å². The molecule has 0 unspecified atom stereocenters. The van der Waals surface area contributed by atoms with Crippen molar-refractivity contribution in [3.63, 3.8) is 0 Å². The van der Waals surface area contributed by atoms with Crippen LogP contribution < -0.4 is 0 Å². The third kappa shape index (κ3) is 2.06. The average molecular weight is 236 g/mol. The van der Waals surface area contributed by atoms with Gasteiger partial charge in [-0.05, 0) is 17.7 Å². The first kappa shape index (κ1) is 11.4. The van der Waals surface area contributed by atoms with E-state index in [1.807, 2.05) is 0 Å². The molecular formula is C13H7F3O. The molecule has 0 heterocycles. The fourth-order valence-electron chi connectivity index (χ4n) is 1.49. The summed E-state index contributed by atoms with van der Waals surface area (Å²) in [6.45, 7) is 0. The van der Waals surface area contributed by atoms with Gasteiger partial charge in [-0.25, -0.2) is 13.2 Å². The first-order chi connectivity index (χ1) is 8.13. The Hall–Kier alpha value is -2.10. The summed E-state index contributed by atoms with van der Waals surface area (Å²) in [4.78, 5) is 10.4. The molecule has 0 atom stereocenters. The molecule has 4 heteroatoms. The molecule has 2 rings (SSSR count). The van der Waals surface area contributed by atoms with E-state index in [-0.39, 0.29) is 5.56 Å². The van der Waals surface area contributed by atoms with E-state index in [1.165, 1.54) is 24.3 Å². The number of halogens is 3. The minimum absolute atomic E-state index is 0.0404. The second kappa shape index (κ2) is 4.41. The molecule has 0 saturated carbocycles. The Morgan fingerprint density at radius 1 is 0.824 bits per heavy atom. The van der Waals surface area contributed by atoms with Crippen molar-refractivity contribution in [2.45, 2.75) is 0 Å². The van der Waals surface area contributed by atoms with E-state index in [0.29, 0.717) is 17.4 Å². The van der Waals surface area contributed by atoms with Crippen LogP contribution in [0.3, 0.4) is 0 Å². The molecule has 0 amide bonds. The molecule has 1 nitrogen and oxygen atoms in total. The molecule has 0 spiro atoms. The van der Waals surface area contributed by atoms with Gasteiger partial charge in [0.05, 0.1) is 0 Å². The van der Waals surface area contributed by atoms with E-state index < -0.39 is 17.5 Å². The van der Waals surface area contributed by atoms with Crippen molar-refractivity contribution in [3.05, 3.63) is 59.4 Å². The highest BCUT2D eigenvalue weighted by Gasteiger charge is 2.14. The maximum atomic E-state index is 13.4. The van der Waals surface area contributed by atoms with Crippen LogP contribution in [0, 0.1) is 17.5 Å². The Bertz CT molecular complexity index is 562. The number of aldehydes is 1. The van der Waals surface area contributed by atoms with E-state index in [9.17, 15) is 18.0 Å². The van der Waals surface area contributed by atoms with Crippen molar-refractivity contribution in [2.24, 2.45) is 0 Å². The molecule has 0 bridgehead atoms. The molecule has 0 fully saturated rings. The minimum Gasteiger partial charge on any atom is -0.298 e. The molecule has 17 heavy (non-hydrogen) atoms. The summed E-state index contributed by atoms with van der Waals surface area (Å²) in [6, 6.07) is 7.91. The predicted octanol–water partition coefficient (Wildman–Crippen LogP) is 3.58. The Kier molecular flexibility index (Phi) is 2.95. The summed E-state index contributed by atoms with van der Waals surface area (Å²) >= 11 is 0. The van der Waals surface area contributed by atoms with Crippen LogP contribution in [-0.2, 0) is 0 Å². The summed E-state index contributed by atoms with van der Waals surface area (Å²) in [7, 11) is 0. The van der Waals surface area contributed by atoms with Crippen LogP contribution in [0.4, 0.5) is 13.2 Å². The first-order valence-electron chi connectivity index (χ1n) is 4.82. The second-order valence-corrected chi connectivity index (χ2v) is 3.46. The first-order valence-corrected chi connectivity index (χ1v) is 4.82. The Morgan fingerprint density at radius 2 is 1.47 bits per heavy atom. The van der Waals surface area contributed by atoms with Gasteiger partial charge < -0.3 is 0 Å². The Balaban J connectivity index is 2.53. The fourth-order valence-corrected chi connectivity index (χ4v) is 1.49. The van der Waals surface area contributed by atoms with E-state index in [4.69, 9.17) is 0 Å². The summed E-state index contributed by atoms with van der Waals surface area (Å²) in [6.07, 6.45) is 0.644. The average Bonchev–Trinajstić information content (AvgIpc) is 2.36. The quantitative estimate of drug-likeness (QED) is 0.575. The fraction of sp³-hybridized carbons (Fsp3) is 0.